The van der Waals surface area contributed by atoms with Gasteiger partial charge in [0.15, 0.2) is 0 Å². The number of rotatable bonds is 2. The third kappa shape index (κ3) is 1.54. The molecule has 0 aliphatic carbocycles. The SMILES string of the molecule is O=C([O-])c1cnc(C(=O)[O-])cn1. The van der Waals surface area contributed by atoms with Crippen LogP contribution in [-0.4, -0.2) is 21.9 Å². The molecule has 12 heavy (non-hydrogen) atoms. The Balaban J connectivity index is 3.01. The minimum atomic E-state index is -1.51. The maximum absolute atomic E-state index is 10.1. The van der Waals surface area contributed by atoms with Crippen molar-refractivity contribution >= 4 is 11.9 Å². The zero-order valence-electron chi connectivity index (χ0n) is 5.68. The quantitative estimate of drug-likeness (QED) is 0.469. The van der Waals surface area contributed by atoms with E-state index in [1.165, 1.54) is 0 Å². The second-order valence-corrected chi connectivity index (χ2v) is 1.86. The summed E-state index contributed by atoms with van der Waals surface area (Å²) in [7, 11) is 0. The van der Waals surface area contributed by atoms with E-state index in [1.807, 2.05) is 0 Å². The van der Waals surface area contributed by atoms with Gasteiger partial charge in [0.05, 0.1) is 24.3 Å². The first kappa shape index (κ1) is 8.12. The highest BCUT2D eigenvalue weighted by Crippen LogP contribution is 1.92. The third-order valence-electron chi connectivity index (χ3n) is 1.07. The van der Waals surface area contributed by atoms with E-state index >= 15 is 0 Å². The van der Waals surface area contributed by atoms with E-state index < -0.39 is 23.3 Å². The van der Waals surface area contributed by atoms with Gasteiger partial charge in [-0.05, 0) is 0 Å². The number of carbonyl (C=O) groups excluding carboxylic acids is 2. The lowest BCUT2D eigenvalue weighted by atomic mass is 10.4. The molecule has 0 aliphatic heterocycles. The Morgan fingerprint density at radius 1 is 1.00 bits per heavy atom. The van der Waals surface area contributed by atoms with Gasteiger partial charge < -0.3 is 19.8 Å². The van der Waals surface area contributed by atoms with Crippen molar-refractivity contribution in [2.75, 3.05) is 0 Å². The fourth-order valence-corrected chi connectivity index (χ4v) is 0.539. The van der Waals surface area contributed by atoms with Crippen molar-refractivity contribution in [1.29, 1.82) is 0 Å². The zero-order chi connectivity index (χ0) is 9.14. The van der Waals surface area contributed by atoms with Gasteiger partial charge in [-0.2, -0.15) is 0 Å². The lowest BCUT2D eigenvalue weighted by molar-refractivity contribution is -0.257. The second kappa shape index (κ2) is 2.95. The van der Waals surface area contributed by atoms with Crippen LogP contribution in [0.1, 0.15) is 21.0 Å². The largest absolute Gasteiger partial charge is 0.543 e. The normalized spacial score (nSPS) is 9.33. The molecule has 0 amide bonds. The van der Waals surface area contributed by atoms with Gasteiger partial charge in [0.1, 0.15) is 11.4 Å². The van der Waals surface area contributed by atoms with Gasteiger partial charge in [0, 0.05) is 0 Å². The molecular weight excluding hydrogens is 164 g/mol. The molecule has 0 aliphatic rings. The number of carbonyl (C=O) groups is 2. The highest BCUT2D eigenvalue weighted by atomic mass is 16.4. The predicted octanol–water partition coefficient (Wildman–Crippen LogP) is -2.80. The fourth-order valence-electron chi connectivity index (χ4n) is 0.539. The van der Waals surface area contributed by atoms with Crippen LogP contribution in [0.15, 0.2) is 12.4 Å². The van der Waals surface area contributed by atoms with E-state index in [-0.39, 0.29) is 0 Å². The van der Waals surface area contributed by atoms with Gasteiger partial charge in [-0.15, -0.1) is 0 Å². The Hall–Kier alpha value is -1.98. The number of hydrogen-bond donors (Lipinski definition) is 0. The first-order valence-corrected chi connectivity index (χ1v) is 2.86. The Morgan fingerprint density at radius 2 is 1.33 bits per heavy atom. The fraction of sp³-hybridized carbons (Fsp3) is 0. The molecule has 0 spiro atoms. The minimum Gasteiger partial charge on any atom is -0.543 e. The molecular formula is C6H2N2O4-2. The summed E-state index contributed by atoms with van der Waals surface area (Å²) in [5.41, 5.74) is -0.833. The van der Waals surface area contributed by atoms with Crippen molar-refractivity contribution in [3.63, 3.8) is 0 Å². The van der Waals surface area contributed by atoms with E-state index in [0.29, 0.717) is 0 Å². The average Bonchev–Trinajstić information content (AvgIpc) is 2.04. The lowest BCUT2D eigenvalue weighted by Gasteiger charge is -2.02. The smallest absolute Gasteiger partial charge is 0.104 e. The standard InChI is InChI=1S/C6H4N2O4/c9-5(10)3-1-7-4(2-8-3)6(11)12/h1-2H,(H,9,10)(H,11,12)/p-2. The van der Waals surface area contributed by atoms with Crippen LogP contribution in [0.25, 0.3) is 0 Å². The molecule has 1 aromatic heterocycles. The van der Waals surface area contributed by atoms with Crippen LogP contribution in [0.4, 0.5) is 0 Å². The average molecular weight is 166 g/mol. The van der Waals surface area contributed by atoms with Crippen LogP contribution in [0.5, 0.6) is 0 Å². The van der Waals surface area contributed by atoms with E-state index in [1.54, 1.807) is 0 Å². The van der Waals surface area contributed by atoms with Crippen LogP contribution < -0.4 is 10.2 Å². The van der Waals surface area contributed by atoms with Crippen LogP contribution in [0.3, 0.4) is 0 Å². The van der Waals surface area contributed by atoms with Crippen molar-refractivity contribution in [3.8, 4) is 0 Å². The van der Waals surface area contributed by atoms with Crippen molar-refractivity contribution in [2.45, 2.75) is 0 Å². The molecule has 0 radical (unpaired) electrons. The van der Waals surface area contributed by atoms with Crippen LogP contribution >= 0.6 is 0 Å². The maximum Gasteiger partial charge on any atom is 0.104 e. The summed E-state index contributed by atoms with van der Waals surface area (Å²) in [6, 6.07) is 0. The molecule has 0 saturated heterocycles. The summed E-state index contributed by atoms with van der Waals surface area (Å²) < 4.78 is 0. The third-order valence-corrected chi connectivity index (χ3v) is 1.07. The van der Waals surface area contributed by atoms with Crippen molar-refractivity contribution < 1.29 is 19.8 Å². The molecule has 1 aromatic rings. The molecule has 0 atom stereocenters. The molecule has 6 heteroatoms. The maximum atomic E-state index is 10.1. The van der Waals surface area contributed by atoms with Crippen molar-refractivity contribution in [3.05, 3.63) is 23.8 Å². The number of hydrogen-bond acceptors (Lipinski definition) is 6. The summed E-state index contributed by atoms with van der Waals surface area (Å²) in [6.07, 6.45) is 1.58. The summed E-state index contributed by atoms with van der Waals surface area (Å²) in [5.74, 6) is -3.01. The van der Waals surface area contributed by atoms with Gasteiger partial charge in [0.2, 0.25) is 0 Å². The number of carboxylic acid groups (broad SMARTS) is 2. The highest BCUT2D eigenvalue weighted by Gasteiger charge is 1.97. The molecule has 6 nitrogen and oxygen atoms in total. The summed E-state index contributed by atoms with van der Waals surface area (Å²) in [4.78, 5) is 26.7. The van der Waals surface area contributed by atoms with Crippen molar-refractivity contribution in [1.82, 2.24) is 9.97 Å². The monoisotopic (exact) mass is 166 g/mol. The molecule has 1 heterocycles. The summed E-state index contributed by atoms with van der Waals surface area (Å²) in [5, 5.41) is 20.2. The van der Waals surface area contributed by atoms with Crippen LogP contribution in [0.2, 0.25) is 0 Å². The summed E-state index contributed by atoms with van der Waals surface area (Å²) >= 11 is 0. The number of aromatic nitrogens is 2. The number of nitrogens with zero attached hydrogens (tertiary/aromatic N) is 2. The molecule has 0 bridgehead atoms. The molecule has 0 fully saturated rings. The highest BCUT2D eigenvalue weighted by molar-refractivity contribution is 5.85. The Bertz CT molecular complexity index is 286. The first-order valence-electron chi connectivity index (χ1n) is 2.86. The number of carboxylic acids is 2. The van der Waals surface area contributed by atoms with Gasteiger partial charge in [-0.25, -0.2) is 0 Å². The predicted molar refractivity (Wildman–Crippen MR) is 30.7 cm³/mol. The molecule has 62 valence electrons. The van der Waals surface area contributed by atoms with Gasteiger partial charge in [-0.3, -0.25) is 9.97 Å². The van der Waals surface area contributed by atoms with Crippen LogP contribution in [-0.2, 0) is 0 Å². The molecule has 0 unspecified atom stereocenters. The van der Waals surface area contributed by atoms with Gasteiger partial charge in [-0.1, -0.05) is 0 Å². The van der Waals surface area contributed by atoms with Crippen LogP contribution in [0, 0.1) is 0 Å². The van der Waals surface area contributed by atoms with Gasteiger partial charge >= 0.3 is 0 Å². The Morgan fingerprint density at radius 3 is 1.50 bits per heavy atom. The molecule has 0 saturated carbocycles. The van der Waals surface area contributed by atoms with E-state index in [9.17, 15) is 19.8 Å². The Kier molecular flexibility index (Phi) is 2.00. The van der Waals surface area contributed by atoms with E-state index in [0.717, 1.165) is 12.4 Å². The molecule has 1 rings (SSSR count). The summed E-state index contributed by atoms with van der Waals surface area (Å²) in [6.45, 7) is 0. The first-order chi connectivity index (χ1) is 5.61. The van der Waals surface area contributed by atoms with Crippen molar-refractivity contribution in [2.24, 2.45) is 0 Å². The second-order valence-electron chi connectivity index (χ2n) is 1.86. The zero-order valence-corrected chi connectivity index (χ0v) is 5.68. The number of aromatic carboxylic acids is 2. The lowest BCUT2D eigenvalue weighted by Crippen LogP contribution is -2.26. The Labute approximate surface area is 66.5 Å². The molecule has 0 aromatic carbocycles. The van der Waals surface area contributed by atoms with Gasteiger partial charge in [0.25, 0.3) is 0 Å². The van der Waals surface area contributed by atoms with E-state index in [4.69, 9.17) is 0 Å². The topological polar surface area (TPSA) is 106 Å². The molecule has 0 N–H and O–H groups in total. The minimum absolute atomic E-state index is 0.417. The van der Waals surface area contributed by atoms with E-state index in [2.05, 4.69) is 9.97 Å².